The first-order valence-corrected chi connectivity index (χ1v) is 6.64. The van der Waals surface area contributed by atoms with Crippen molar-refractivity contribution in [1.82, 2.24) is 10.2 Å². The van der Waals surface area contributed by atoms with E-state index in [4.69, 9.17) is 4.74 Å². The van der Waals surface area contributed by atoms with Crippen LogP contribution in [0.3, 0.4) is 0 Å². The van der Waals surface area contributed by atoms with Gasteiger partial charge in [-0.05, 0) is 54.3 Å². The summed E-state index contributed by atoms with van der Waals surface area (Å²) in [6, 6.07) is 0.597. The minimum atomic E-state index is -0.403. The van der Waals surface area contributed by atoms with Gasteiger partial charge in [0.15, 0.2) is 0 Å². The maximum Gasteiger partial charge on any atom is 0.0897 e. The quantitative estimate of drug-likeness (QED) is 0.567. The van der Waals surface area contributed by atoms with Gasteiger partial charge in [-0.3, -0.25) is 0 Å². The fourth-order valence-corrected chi connectivity index (χ4v) is 1.34. The molecule has 0 bridgehead atoms. The summed E-state index contributed by atoms with van der Waals surface area (Å²) in [7, 11) is 2.13. The molecule has 0 saturated carbocycles. The lowest BCUT2D eigenvalue weighted by molar-refractivity contribution is 0.00642. The standard InChI is InChI=1S/C13H30N2O2/c1-11(2)15(5)8-6-7-14-9-13(16)10-17-12(3)4/h11-14,16H,6-10H2,1-5H3. The molecule has 4 heteroatoms. The van der Waals surface area contributed by atoms with Crippen molar-refractivity contribution in [3.63, 3.8) is 0 Å². The zero-order valence-electron chi connectivity index (χ0n) is 12.1. The average molecular weight is 246 g/mol. The van der Waals surface area contributed by atoms with Crippen LogP contribution in [0.1, 0.15) is 34.1 Å². The lowest BCUT2D eigenvalue weighted by atomic mass is 10.3. The second-order valence-electron chi connectivity index (χ2n) is 5.17. The van der Waals surface area contributed by atoms with E-state index in [-0.39, 0.29) is 6.10 Å². The topological polar surface area (TPSA) is 44.7 Å². The van der Waals surface area contributed by atoms with Crippen LogP contribution in [-0.4, -0.2) is 61.5 Å². The van der Waals surface area contributed by atoms with Crippen LogP contribution in [0.4, 0.5) is 0 Å². The molecule has 0 aromatic heterocycles. The van der Waals surface area contributed by atoms with Crippen molar-refractivity contribution in [2.45, 2.75) is 52.4 Å². The summed E-state index contributed by atoms with van der Waals surface area (Å²) < 4.78 is 5.33. The maximum atomic E-state index is 9.60. The molecule has 0 amide bonds. The van der Waals surface area contributed by atoms with Gasteiger partial charge in [0.1, 0.15) is 0 Å². The SMILES string of the molecule is CC(C)OCC(O)CNCCCN(C)C(C)C. The summed E-state index contributed by atoms with van der Waals surface area (Å²) in [5.41, 5.74) is 0. The van der Waals surface area contributed by atoms with E-state index in [9.17, 15) is 5.11 Å². The van der Waals surface area contributed by atoms with Crippen LogP contribution in [0.5, 0.6) is 0 Å². The van der Waals surface area contributed by atoms with Gasteiger partial charge in [0.2, 0.25) is 0 Å². The predicted molar refractivity (Wildman–Crippen MR) is 72.3 cm³/mol. The third-order valence-corrected chi connectivity index (χ3v) is 2.75. The van der Waals surface area contributed by atoms with Gasteiger partial charge < -0.3 is 20.1 Å². The Morgan fingerprint density at radius 3 is 2.41 bits per heavy atom. The summed E-state index contributed by atoms with van der Waals surface area (Å²) in [6.07, 6.45) is 0.886. The first-order chi connectivity index (χ1) is 7.93. The van der Waals surface area contributed by atoms with Gasteiger partial charge in [-0.15, -0.1) is 0 Å². The van der Waals surface area contributed by atoms with Crippen molar-refractivity contribution in [2.75, 3.05) is 33.3 Å². The van der Waals surface area contributed by atoms with Crippen molar-refractivity contribution >= 4 is 0 Å². The molecular formula is C13H30N2O2. The monoisotopic (exact) mass is 246 g/mol. The van der Waals surface area contributed by atoms with Gasteiger partial charge in [0, 0.05) is 12.6 Å². The lowest BCUT2D eigenvalue weighted by Gasteiger charge is -2.21. The van der Waals surface area contributed by atoms with Gasteiger partial charge in [0.25, 0.3) is 0 Å². The maximum absolute atomic E-state index is 9.60. The first kappa shape index (κ1) is 16.8. The molecule has 0 aromatic rings. The van der Waals surface area contributed by atoms with E-state index in [2.05, 4.69) is 31.1 Å². The number of aliphatic hydroxyl groups excluding tert-OH is 1. The van der Waals surface area contributed by atoms with E-state index >= 15 is 0 Å². The first-order valence-electron chi connectivity index (χ1n) is 6.64. The number of nitrogens with one attached hydrogen (secondary N) is 1. The number of ether oxygens (including phenoxy) is 1. The summed E-state index contributed by atoms with van der Waals surface area (Å²) in [5.74, 6) is 0. The Labute approximate surface area is 106 Å². The molecule has 0 saturated heterocycles. The number of rotatable bonds is 10. The Bertz CT molecular complexity index is 175. The zero-order valence-corrected chi connectivity index (χ0v) is 12.1. The second kappa shape index (κ2) is 9.83. The number of hydrogen-bond acceptors (Lipinski definition) is 4. The van der Waals surface area contributed by atoms with E-state index in [1.165, 1.54) is 0 Å². The van der Waals surface area contributed by atoms with Gasteiger partial charge >= 0.3 is 0 Å². The molecule has 0 fully saturated rings. The molecule has 0 aliphatic heterocycles. The highest BCUT2D eigenvalue weighted by molar-refractivity contribution is 4.61. The molecule has 0 aliphatic carbocycles. The van der Waals surface area contributed by atoms with Crippen molar-refractivity contribution in [2.24, 2.45) is 0 Å². The van der Waals surface area contributed by atoms with Crippen molar-refractivity contribution in [3.8, 4) is 0 Å². The average Bonchev–Trinajstić information content (AvgIpc) is 2.25. The van der Waals surface area contributed by atoms with E-state index in [1.54, 1.807) is 0 Å². The van der Waals surface area contributed by atoms with Crippen molar-refractivity contribution in [1.29, 1.82) is 0 Å². The fourth-order valence-electron chi connectivity index (χ4n) is 1.34. The normalized spacial score (nSPS) is 13.9. The zero-order chi connectivity index (χ0) is 13.3. The van der Waals surface area contributed by atoms with Crippen LogP contribution in [0.25, 0.3) is 0 Å². The lowest BCUT2D eigenvalue weighted by Crippen LogP contribution is -2.34. The molecule has 0 aliphatic rings. The third-order valence-electron chi connectivity index (χ3n) is 2.75. The van der Waals surface area contributed by atoms with Crippen LogP contribution in [-0.2, 0) is 4.74 Å². The Hall–Kier alpha value is -0.160. The molecular weight excluding hydrogens is 216 g/mol. The Morgan fingerprint density at radius 1 is 1.24 bits per heavy atom. The molecule has 2 N–H and O–H groups in total. The third kappa shape index (κ3) is 10.7. The summed E-state index contributed by atoms with van der Waals surface area (Å²) in [4.78, 5) is 2.32. The largest absolute Gasteiger partial charge is 0.389 e. The highest BCUT2D eigenvalue weighted by Gasteiger charge is 2.05. The van der Waals surface area contributed by atoms with E-state index in [0.717, 1.165) is 19.5 Å². The molecule has 17 heavy (non-hydrogen) atoms. The van der Waals surface area contributed by atoms with Crippen molar-refractivity contribution in [3.05, 3.63) is 0 Å². The van der Waals surface area contributed by atoms with Crippen molar-refractivity contribution < 1.29 is 9.84 Å². The second-order valence-corrected chi connectivity index (χ2v) is 5.17. The molecule has 0 heterocycles. The molecule has 0 aromatic carbocycles. The van der Waals surface area contributed by atoms with Crippen LogP contribution >= 0.6 is 0 Å². The smallest absolute Gasteiger partial charge is 0.0897 e. The number of hydrogen-bond donors (Lipinski definition) is 2. The van der Waals surface area contributed by atoms with E-state index in [1.807, 2.05) is 13.8 Å². The van der Waals surface area contributed by atoms with Gasteiger partial charge in [-0.1, -0.05) is 0 Å². The molecule has 1 unspecified atom stereocenters. The summed E-state index contributed by atoms with van der Waals surface area (Å²) >= 11 is 0. The van der Waals surface area contributed by atoms with E-state index in [0.29, 0.717) is 19.2 Å². The molecule has 4 nitrogen and oxygen atoms in total. The highest BCUT2D eigenvalue weighted by Crippen LogP contribution is 1.94. The number of aliphatic hydroxyl groups is 1. The van der Waals surface area contributed by atoms with Crippen LogP contribution in [0.2, 0.25) is 0 Å². The molecule has 104 valence electrons. The molecule has 0 radical (unpaired) electrons. The summed E-state index contributed by atoms with van der Waals surface area (Å²) in [6.45, 7) is 11.4. The Balaban J connectivity index is 3.33. The fraction of sp³-hybridized carbons (Fsp3) is 1.00. The highest BCUT2D eigenvalue weighted by atomic mass is 16.5. The minimum absolute atomic E-state index is 0.185. The van der Waals surface area contributed by atoms with Crippen LogP contribution in [0.15, 0.2) is 0 Å². The molecule has 0 rings (SSSR count). The molecule has 1 atom stereocenters. The summed E-state index contributed by atoms with van der Waals surface area (Å²) in [5, 5.41) is 12.8. The Morgan fingerprint density at radius 2 is 1.88 bits per heavy atom. The van der Waals surface area contributed by atoms with Crippen LogP contribution in [0, 0.1) is 0 Å². The minimum Gasteiger partial charge on any atom is -0.389 e. The van der Waals surface area contributed by atoms with Gasteiger partial charge in [0.05, 0.1) is 18.8 Å². The Kier molecular flexibility index (Phi) is 9.74. The number of nitrogens with zero attached hydrogens (tertiary/aromatic N) is 1. The van der Waals surface area contributed by atoms with Gasteiger partial charge in [-0.25, -0.2) is 0 Å². The van der Waals surface area contributed by atoms with Crippen LogP contribution < -0.4 is 5.32 Å². The van der Waals surface area contributed by atoms with E-state index < -0.39 is 6.10 Å². The predicted octanol–water partition coefficient (Wildman–Crippen LogP) is 1.09. The molecule has 0 spiro atoms. The van der Waals surface area contributed by atoms with Gasteiger partial charge in [-0.2, -0.15) is 0 Å².